The molecule has 1 saturated heterocycles. The van der Waals surface area contributed by atoms with Crippen molar-refractivity contribution in [3.05, 3.63) is 0 Å². The molecular formula is C9H16FN. The van der Waals surface area contributed by atoms with Crippen LogP contribution in [0, 0.1) is 5.92 Å². The van der Waals surface area contributed by atoms with Crippen molar-refractivity contribution in [2.24, 2.45) is 5.92 Å². The zero-order valence-electron chi connectivity index (χ0n) is 6.85. The molecule has 2 fully saturated rings. The molecule has 2 unspecified atom stereocenters. The Hall–Kier alpha value is -0.110. The molecule has 1 nitrogen and oxygen atoms in total. The van der Waals surface area contributed by atoms with Crippen molar-refractivity contribution in [3.8, 4) is 0 Å². The lowest BCUT2D eigenvalue weighted by atomic mass is 9.98. The van der Waals surface area contributed by atoms with Crippen LogP contribution >= 0.6 is 0 Å². The average Bonchev–Trinajstić information content (AvgIpc) is 2.87. The van der Waals surface area contributed by atoms with E-state index in [9.17, 15) is 4.39 Å². The minimum absolute atomic E-state index is 0.191. The van der Waals surface area contributed by atoms with E-state index in [4.69, 9.17) is 0 Å². The summed E-state index contributed by atoms with van der Waals surface area (Å²) in [6.45, 7) is 1.03. The van der Waals surface area contributed by atoms with Gasteiger partial charge in [-0.15, -0.1) is 0 Å². The third-order valence-electron chi connectivity index (χ3n) is 2.81. The molecule has 1 N–H and O–H groups in total. The van der Waals surface area contributed by atoms with Gasteiger partial charge >= 0.3 is 0 Å². The van der Waals surface area contributed by atoms with Crippen molar-refractivity contribution in [2.45, 2.75) is 44.3 Å². The normalized spacial score (nSPS) is 35.2. The van der Waals surface area contributed by atoms with E-state index in [1.165, 1.54) is 12.8 Å². The Labute approximate surface area is 67.4 Å². The largest absolute Gasteiger partial charge is 0.311 e. The first kappa shape index (κ1) is 7.53. The number of alkyl halides is 1. The van der Waals surface area contributed by atoms with Gasteiger partial charge in [0.05, 0.1) is 0 Å². The highest BCUT2D eigenvalue weighted by atomic mass is 19.1. The first-order valence-corrected chi connectivity index (χ1v) is 4.75. The van der Waals surface area contributed by atoms with E-state index >= 15 is 0 Å². The fourth-order valence-corrected chi connectivity index (χ4v) is 1.89. The molecule has 2 aliphatic rings. The van der Waals surface area contributed by atoms with Crippen LogP contribution in [-0.2, 0) is 0 Å². The number of rotatable bonds is 2. The minimum atomic E-state index is -0.546. The van der Waals surface area contributed by atoms with Crippen LogP contribution in [-0.4, -0.2) is 18.8 Å². The second-order valence-electron chi connectivity index (χ2n) is 3.84. The molecule has 1 saturated carbocycles. The maximum absolute atomic E-state index is 13.4. The summed E-state index contributed by atoms with van der Waals surface area (Å²) in [4.78, 5) is 0. The quantitative estimate of drug-likeness (QED) is 0.645. The lowest BCUT2D eigenvalue weighted by Crippen LogP contribution is -2.42. The predicted octanol–water partition coefficient (Wildman–Crippen LogP) is 1.88. The van der Waals surface area contributed by atoms with E-state index in [0.29, 0.717) is 5.92 Å². The highest BCUT2D eigenvalue weighted by Crippen LogP contribution is 2.37. The fourth-order valence-electron chi connectivity index (χ4n) is 1.89. The van der Waals surface area contributed by atoms with Crippen molar-refractivity contribution in [2.75, 3.05) is 6.54 Å². The van der Waals surface area contributed by atoms with Gasteiger partial charge < -0.3 is 5.32 Å². The van der Waals surface area contributed by atoms with E-state index in [2.05, 4.69) is 5.32 Å². The summed E-state index contributed by atoms with van der Waals surface area (Å²) >= 11 is 0. The maximum atomic E-state index is 13.4. The van der Waals surface area contributed by atoms with Crippen LogP contribution in [0.1, 0.15) is 32.1 Å². The van der Waals surface area contributed by atoms with Gasteiger partial charge in [-0.2, -0.15) is 0 Å². The molecule has 0 amide bonds. The summed E-state index contributed by atoms with van der Waals surface area (Å²) in [5, 5.41) is 3.27. The number of piperidine rings is 1. The van der Waals surface area contributed by atoms with Crippen molar-refractivity contribution in [1.82, 2.24) is 5.32 Å². The SMILES string of the molecule is FC(C1CC1)C1CCCCN1. The lowest BCUT2D eigenvalue weighted by molar-refractivity contribution is 0.194. The van der Waals surface area contributed by atoms with Gasteiger partial charge in [0.1, 0.15) is 6.17 Å². The average molecular weight is 157 g/mol. The van der Waals surface area contributed by atoms with Gasteiger partial charge in [0.2, 0.25) is 0 Å². The summed E-state index contributed by atoms with van der Waals surface area (Å²) in [5.41, 5.74) is 0. The third-order valence-corrected chi connectivity index (χ3v) is 2.81. The molecule has 1 aliphatic carbocycles. The van der Waals surface area contributed by atoms with E-state index in [0.717, 1.165) is 25.8 Å². The van der Waals surface area contributed by atoms with E-state index in [-0.39, 0.29) is 6.04 Å². The Morgan fingerprint density at radius 2 is 2.00 bits per heavy atom. The zero-order valence-corrected chi connectivity index (χ0v) is 6.85. The number of halogens is 1. The second-order valence-corrected chi connectivity index (χ2v) is 3.84. The van der Waals surface area contributed by atoms with Crippen molar-refractivity contribution >= 4 is 0 Å². The highest BCUT2D eigenvalue weighted by molar-refractivity contribution is 4.90. The first-order valence-electron chi connectivity index (χ1n) is 4.75. The summed E-state index contributed by atoms with van der Waals surface area (Å²) < 4.78 is 13.4. The van der Waals surface area contributed by atoms with Gasteiger partial charge in [-0.1, -0.05) is 6.42 Å². The Morgan fingerprint density at radius 3 is 2.55 bits per heavy atom. The molecule has 11 heavy (non-hydrogen) atoms. The molecular weight excluding hydrogens is 141 g/mol. The first-order chi connectivity index (χ1) is 5.38. The van der Waals surface area contributed by atoms with Crippen LogP contribution in [0.2, 0.25) is 0 Å². The van der Waals surface area contributed by atoms with Crippen molar-refractivity contribution in [1.29, 1.82) is 0 Å². The monoisotopic (exact) mass is 157 g/mol. The summed E-state index contributed by atoms with van der Waals surface area (Å²) in [5.74, 6) is 0.408. The molecule has 2 rings (SSSR count). The predicted molar refractivity (Wildman–Crippen MR) is 43.3 cm³/mol. The van der Waals surface area contributed by atoms with Crippen LogP contribution in [0.15, 0.2) is 0 Å². The van der Waals surface area contributed by atoms with Gasteiger partial charge in [-0.25, -0.2) is 4.39 Å². The van der Waals surface area contributed by atoms with Crippen LogP contribution in [0.5, 0.6) is 0 Å². The molecule has 2 atom stereocenters. The summed E-state index contributed by atoms with van der Waals surface area (Å²) in [6, 6.07) is 0.191. The molecule has 64 valence electrons. The maximum Gasteiger partial charge on any atom is 0.118 e. The smallest absolute Gasteiger partial charge is 0.118 e. The standard InChI is InChI=1S/C9H16FN/c10-9(7-4-5-7)8-3-1-2-6-11-8/h7-9,11H,1-6H2. The molecule has 0 radical (unpaired) electrons. The number of nitrogens with one attached hydrogen (secondary N) is 1. The molecule has 0 spiro atoms. The summed E-state index contributed by atoms with van der Waals surface area (Å²) in [6.07, 6.45) is 5.20. The van der Waals surface area contributed by atoms with Crippen LogP contribution in [0.25, 0.3) is 0 Å². The summed E-state index contributed by atoms with van der Waals surface area (Å²) in [7, 11) is 0. The third kappa shape index (κ3) is 1.73. The Balaban J connectivity index is 1.81. The second kappa shape index (κ2) is 3.10. The van der Waals surface area contributed by atoms with Crippen LogP contribution < -0.4 is 5.32 Å². The molecule has 0 aromatic heterocycles. The molecule has 2 heteroatoms. The van der Waals surface area contributed by atoms with Gasteiger partial charge in [0.25, 0.3) is 0 Å². The van der Waals surface area contributed by atoms with Crippen LogP contribution in [0.4, 0.5) is 4.39 Å². The Morgan fingerprint density at radius 1 is 1.18 bits per heavy atom. The van der Waals surface area contributed by atoms with Crippen LogP contribution in [0.3, 0.4) is 0 Å². The number of hydrogen-bond acceptors (Lipinski definition) is 1. The fraction of sp³-hybridized carbons (Fsp3) is 1.00. The van der Waals surface area contributed by atoms with Crippen molar-refractivity contribution < 1.29 is 4.39 Å². The van der Waals surface area contributed by atoms with Gasteiger partial charge in [-0.3, -0.25) is 0 Å². The lowest BCUT2D eigenvalue weighted by Gasteiger charge is -2.26. The molecule has 0 aromatic carbocycles. The van der Waals surface area contributed by atoms with E-state index < -0.39 is 6.17 Å². The van der Waals surface area contributed by atoms with E-state index in [1.54, 1.807) is 0 Å². The molecule has 1 aliphatic heterocycles. The Bertz CT molecular complexity index is 128. The zero-order chi connectivity index (χ0) is 7.68. The number of hydrogen-bond donors (Lipinski definition) is 1. The molecule has 1 heterocycles. The van der Waals surface area contributed by atoms with Gasteiger partial charge in [-0.05, 0) is 38.1 Å². The topological polar surface area (TPSA) is 12.0 Å². The Kier molecular flexibility index (Phi) is 2.12. The van der Waals surface area contributed by atoms with Gasteiger partial charge in [0.15, 0.2) is 0 Å². The minimum Gasteiger partial charge on any atom is -0.311 e. The highest BCUT2D eigenvalue weighted by Gasteiger charge is 2.36. The molecule has 0 aromatic rings. The van der Waals surface area contributed by atoms with Crippen molar-refractivity contribution in [3.63, 3.8) is 0 Å². The molecule has 0 bridgehead atoms. The van der Waals surface area contributed by atoms with E-state index in [1.807, 2.05) is 0 Å². The van der Waals surface area contributed by atoms with Gasteiger partial charge in [0, 0.05) is 6.04 Å².